The van der Waals surface area contributed by atoms with Crippen molar-refractivity contribution in [3.05, 3.63) is 67.2 Å². The smallest absolute Gasteiger partial charge is 0.0346 e. The fourth-order valence-corrected chi connectivity index (χ4v) is 3.32. The molecule has 0 aliphatic heterocycles. The molecule has 0 aromatic heterocycles. The Morgan fingerprint density at radius 2 is 1.75 bits per heavy atom. The summed E-state index contributed by atoms with van der Waals surface area (Å²) in [6.45, 7) is 4.43. The van der Waals surface area contributed by atoms with Crippen LogP contribution >= 0.6 is 38.5 Å². The van der Waals surface area contributed by atoms with Crippen molar-refractivity contribution < 1.29 is 0 Å². The van der Waals surface area contributed by atoms with Gasteiger partial charge in [-0.05, 0) is 69.8 Å². The van der Waals surface area contributed by atoms with Gasteiger partial charge in [0.2, 0.25) is 0 Å². The van der Waals surface area contributed by atoms with Crippen LogP contribution in [-0.4, -0.2) is 0 Å². The third-order valence-electron chi connectivity index (χ3n) is 3.46. The van der Waals surface area contributed by atoms with Gasteiger partial charge in [0.05, 0.1) is 0 Å². The van der Waals surface area contributed by atoms with Gasteiger partial charge in [-0.25, -0.2) is 0 Å². The van der Waals surface area contributed by atoms with E-state index in [0.717, 1.165) is 10.9 Å². The Morgan fingerprint density at radius 1 is 1.10 bits per heavy atom. The van der Waals surface area contributed by atoms with E-state index >= 15 is 0 Å². The molecule has 0 saturated heterocycles. The van der Waals surface area contributed by atoms with Gasteiger partial charge in [-0.2, -0.15) is 0 Å². The van der Waals surface area contributed by atoms with Gasteiger partial charge in [0.1, 0.15) is 0 Å². The van der Waals surface area contributed by atoms with E-state index < -0.39 is 0 Å². The second-order valence-electron chi connectivity index (χ2n) is 5.37. The minimum Gasteiger partial charge on any atom is -0.324 e. The SMILES string of the molecule is CC(C)c1ccc(CC(N)c2cc(Br)ccc2I)cc1. The van der Waals surface area contributed by atoms with Gasteiger partial charge in [0.25, 0.3) is 0 Å². The molecule has 0 spiro atoms. The monoisotopic (exact) mass is 443 g/mol. The zero-order chi connectivity index (χ0) is 14.7. The Balaban J connectivity index is 2.14. The molecule has 0 radical (unpaired) electrons. The molecule has 0 bridgehead atoms. The minimum absolute atomic E-state index is 0.0318. The summed E-state index contributed by atoms with van der Waals surface area (Å²) in [5.74, 6) is 0.573. The minimum atomic E-state index is 0.0318. The lowest BCUT2D eigenvalue weighted by molar-refractivity contribution is 0.716. The molecule has 1 atom stereocenters. The topological polar surface area (TPSA) is 26.0 Å². The van der Waals surface area contributed by atoms with Crippen LogP contribution in [0.15, 0.2) is 46.9 Å². The Morgan fingerprint density at radius 3 is 2.35 bits per heavy atom. The van der Waals surface area contributed by atoms with Crippen LogP contribution in [0.2, 0.25) is 0 Å². The first-order valence-electron chi connectivity index (χ1n) is 6.76. The van der Waals surface area contributed by atoms with Crippen LogP contribution in [0.5, 0.6) is 0 Å². The number of hydrogen-bond acceptors (Lipinski definition) is 1. The average Bonchev–Trinajstić information content (AvgIpc) is 2.42. The lowest BCUT2D eigenvalue weighted by Crippen LogP contribution is -2.14. The number of benzene rings is 2. The normalized spacial score (nSPS) is 12.7. The molecule has 0 aliphatic rings. The number of halogens is 2. The zero-order valence-corrected chi connectivity index (χ0v) is 15.5. The summed E-state index contributed by atoms with van der Waals surface area (Å²) in [6.07, 6.45) is 0.866. The van der Waals surface area contributed by atoms with Crippen molar-refractivity contribution in [1.29, 1.82) is 0 Å². The van der Waals surface area contributed by atoms with Crippen molar-refractivity contribution in [1.82, 2.24) is 0 Å². The highest BCUT2D eigenvalue weighted by Crippen LogP contribution is 2.25. The van der Waals surface area contributed by atoms with E-state index in [1.54, 1.807) is 0 Å². The predicted octanol–water partition coefficient (Wildman–Crippen LogP) is 5.42. The highest BCUT2D eigenvalue weighted by molar-refractivity contribution is 14.1. The molecule has 2 aromatic carbocycles. The Bertz CT molecular complexity index is 578. The van der Waals surface area contributed by atoms with Crippen molar-refractivity contribution in [2.24, 2.45) is 5.73 Å². The van der Waals surface area contributed by atoms with Gasteiger partial charge in [-0.1, -0.05) is 54.0 Å². The summed E-state index contributed by atoms with van der Waals surface area (Å²) in [7, 11) is 0. The number of rotatable bonds is 4. The highest BCUT2D eigenvalue weighted by Gasteiger charge is 2.11. The van der Waals surface area contributed by atoms with Crippen molar-refractivity contribution in [2.45, 2.75) is 32.2 Å². The molecule has 2 rings (SSSR count). The van der Waals surface area contributed by atoms with E-state index in [-0.39, 0.29) is 6.04 Å². The van der Waals surface area contributed by atoms with Crippen LogP contribution in [0.25, 0.3) is 0 Å². The van der Waals surface area contributed by atoms with Gasteiger partial charge in [-0.3, -0.25) is 0 Å². The first-order valence-corrected chi connectivity index (χ1v) is 8.64. The predicted molar refractivity (Wildman–Crippen MR) is 98.0 cm³/mol. The lowest BCUT2D eigenvalue weighted by atomic mass is 9.96. The van der Waals surface area contributed by atoms with E-state index in [1.807, 2.05) is 0 Å². The fourth-order valence-electron chi connectivity index (χ4n) is 2.20. The molecule has 0 fully saturated rings. The van der Waals surface area contributed by atoms with E-state index in [1.165, 1.54) is 20.3 Å². The summed E-state index contributed by atoms with van der Waals surface area (Å²) in [6, 6.07) is 15.1. The van der Waals surface area contributed by atoms with E-state index in [9.17, 15) is 0 Å². The van der Waals surface area contributed by atoms with Crippen molar-refractivity contribution in [3.8, 4) is 0 Å². The highest BCUT2D eigenvalue weighted by atomic mass is 127. The van der Waals surface area contributed by atoms with Crippen LogP contribution in [0, 0.1) is 3.57 Å². The maximum atomic E-state index is 6.37. The maximum Gasteiger partial charge on any atom is 0.0346 e. The molecule has 1 unspecified atom stereocenters. The van der Waals surface area contributed by atoms with Crippen molar-refractivity contribution in [2.75, 3.05) is 0 Å². The summed E-state index contributed by atoms with van der Waals surface area (Å²) >= 11 is 5.86. The first-order chi connectivity index (χ1) is 9.47. The van der Waals surface area contributed by atoms with Crippen LogP contribution in [-0.2, 0) is 6.42 Å². The number of hydrogen-bond donors (Lipinski definition) is 1. The van der Waals surface area contributed by atoms with Gasteiger partial charge in [0.15, 0.2) is 0 Å². The molecule has 106 valence electrons. The van der Waals surface area contributed by atoms with Crippen molar-refractivity contribution in [3.63, 3.8) is 0 Å². The molecular weight excluding hydrogens is 425 g/mol. The van der Waals surface area contributed by atoms with E-state index in [0.29, 0.717) is 5.92 Å². The van der Waals surface area contributed by atoms with Gasteiger partial charge in [0, 0.05) is 14.1 Å². The van der Waals surface area contributed by atoms with Crippen LogP contribution in [0.4, 0.5) is 0 Å². The average molecular weight is 444 g/mol. The zero-order valence-electron chi connectivity index (χ0n) is 11.7. The molecule has 0 heterocycles. The Labute approximate surface area is 143 Å². The van der Waals surface area contributed by atoms with Crippen LogP contribution < -0.4 is 5.73 Å². The molecule has 3 heteroatoms. The Hall–Kier alpha value is -0.390. The van der Waals surface area contributed by atoms with Crippen LogP contribution in [0.1, 0.15) is 42.5 Å². The molecule has 0 aliphatic carbocycles. The maximum absolute atomic E-state index is 6.37. The summed E-state index contributed by atoms with van der Waals surface area (Å²) in [4.78, 5) is 0. The van der Waals surface area contributed by atoms with E-state index in [4.69, 9.17) is 5.73 Å². The third-order valence-corrected chi connectivity index (χ3v) is 4.94. The van der Waals surface area contributed by atoms with Crippen LogP contribution in [0.3, 0.4) is 0 Å². The fraction of sp³-hybridized carbons (Fsp3) is 0.294. The lowest BCUT2D eigenvalue weighted by Gasteiger charge is -2.15. The van der Waals surface area contributed by atoms with Gasteiger partial charge in [-0.15, -0.1) is 0 Å². The largest absolute Gasteiger partial charge is 0.324 e. The second kappa shape index (κ2) is 7.05. The first kappa shape index (κ1) is 16.0. The second-order valence-corrected chi connectivity index (χ2v) is 7.45. The standard InChI is InChI=1S/C17H19BrIN/c1-11(2)13-5-3-12(4-6-13)9-17(20)15-10-14(18)7-8-16(15)19/h3-8,10-11,17H,9,20H2,1-2H3. The van der Waals surface area contributed by atoms with Gasteiger partial charge >= 0.3 is 0 Å². The Kier molecular flexibility index (Phi) is 5.64. The molecule has 20 heavy (non-hydrogen) atoms. The van der Waals surface area contributed by atoms with Crippen molar-refractivity contribution >= 4 is 38.5 Å². The quantitative estimate of drug-likeness (QED) is 0.627. The summed E-state index contributed by atoms with van der Waals surface area (Å²) < 4.78 is 2.30. The molecule has 2 N–H and O–H groups in total. The number of nitrogens with two attached hydrogens (primary N) is 1. The summed E-state index contributed by atoms with van der Waals surface area (Å²) in [5, 5.41) is 0. The third kappa shape index (κ3) is 4.06. The van der Waals surface area contributed by atoms with E-state index in [2.05, 4.69) is 94.8 Å². The summed E-state index contributed by atoms with van der Waals surface area (Å²) in [5.41, 5.74) is 10.2. The molecular formula is C17H19BrIN. The molecule has 0 amide bonds. The molecule has 2 aromatic rings. The molecule has 1 nitrogen and oxygen atoms in total. The van der Waals surface area contributed by atoms with Gasteiger partial charge < -0.3 is 5.73 Å². The molecule has 0 saturated carbocycles.